The molecule has 3 N–H and O–H groups in total. The molecular formula is C17H17NO8. The van der Waals surface area contributed by atoms with Crippen LogP contribution in [0.3, 0.4) is 0 Å². The van der Waals surface area contributed by atoms with Gasteiger partial charge in [-0.1, -0.05) is 12.1 Å². The fraction of sp³-hybridized carbons (Fsp3) is 0.176. The SMILES string of the molecule is COc1c(C)cccc1C(=O)O.Cc1cc([N+](=O)[O-])cc(C(=O)O)c1O. The lowest BCUT2D eigenvalue weighted by atomic mass is 10.1. The summed E-state index contributed by atoms with van der Waals surface area (Å²) in [6, 6.07) is 6.97. The van der Waals surface area contributed by atoms with E-state index in [4.69, 9.17) is 14.9 Å². The molecule has 0 radical (unpaired) electrons. The Morgan fingerprint density at radius 3 is 2.04 bits per heavy atom. The number of ether oxygens (including phenoxy) is 1. The molecule has 0 saturated carbocycles. The minimum atomic E-state index is -1.39. The number of hydrogen-bond acceptors (Lipinski definition) is 6. The van der Waals surface area contributed by atoms with Crippen LogP contribution in [0.15, 0.2) is 30.3 Å². The van der Waals surface area contributed by atoms with Crippen molar-refractivity contribution in [3.63, 3.8) is 0 Å². The van der Waals surface area contributed by atoms with Crippen LogP contribution in [-0.2, 0) is 0 Å². The molecule has 0 unspecified atom stereocenters. The lowest BCUT2D eigenvalue weighted by molar-refractivity contribution is -0.385. The number of phenols is 1. The fourth-order valence-corrected chi connectivity index (χ4v) is 2.12. The molecule has 0 saturated heterocycles. The monoisotopic (exact) mass is 363 g/mol. The standard InChI is InChI=1S/C9H10O3.C8H7NO5/c1-6-4-3-5-7(9(10)11)8(6)12-2;1-4-2-5(9(13)14)3-6(7(4)10)8(11)12/h3-5H,1-2H3,(H,10,11);2-3,10H,1H3,(H,11,12). The zero-order valence-corrected chi connectivity index (χ0v) is 14.2. The molecule has 0 fully saturated rings. The zero-order chi connectivity index (χ0) is 20.0. The van der Waals surface area contributed by atoms with Gasteiger partial charge in [-0.2, -0.15) is 0 Å². The predicted octanol–water partition coefficient (Wildman–Crippen LogP) is 3.01. The van der Waals surface area contributed by atoms with E-state index >= 15 is 0 Å². The molecule has 26 heavy (non-hydrogen) atoms. The smallest absolute Gasteiger partial charge is 0.339 e. The normalized spacial score (nSPS) is 9.65. The van der Waals surface area contributed by atoms with Crippen molar-refractivity contribution in [2.24, 2.45) is 0 Å². The summed E-state index contributed by atoms with van der Waals surface area (Å²) in [6.45, 7) is 3.21. The van der Waals surface area contributed by atoms with E-state index in [0.717, 1.165) is 17.7 Å². The maximum Gasteiger partial charge on any atom is 0.339 e. The van der Waals surface area contributed by atoms with E-state index in [9.17, 15) is 24.8 Å². The van der Waals surface area contributed by atoms with E-state index in [1.165, 1.54) is 20.1 Å². The van der Waals surface area contributed by atoms with Crippen LogP contribution in [0.5, 0.6) is 11.5 Å². The van der Waals surface area contributed by atoms with Gasteiger partial charge in [-0.15, -0.1) is 0 Å². The number of aryl methyl sites for hydroxylation is 2. The van der Waals surface area contributed by atoms with Gasteiger partial charge in [0.25, 0.3) is 5.69 Å². The molecule has 2 rings (SSSR count). The Labute approximate surface area is 148 Å². The lowest BCUT2D eigenvalue weighted by Crippen LogP contribution is -2.01. The summed E-state index contributed by atoms with van der Waals surface area (Å²) in [7, 11) is 1.47. The second kappa shape index (κ2) is 8.47. The molecule has 2 aromatic carbocycles. The number of hydrogen-bond donors (Lipinski definition) is 3. The Morgan fingerprint density at radius 1 is 1.04 bits per heavy atom. The molecule has 9 heteroatoms. The summed E-state index contributed by atoms with van der Waals surface area (Å²) in [5.41, 5.74) is 0.390. The maximum atomic E-state index is 10.7. The largest absolute Gasteiger partial charge is 0.507 e. The van der Waals surface area contributed by atoms with Crippen LogP contribution in [0.4, 0.5) is 5.69 Å². The van der Waals surface area contributed by atoms with E-state index in [1.807, 2.05) is 13.0 Å². The maximum absolute atomic E-state index is 10.7. The molecule has 138 valence electrons. The number of para-hydroxylation sites is 1. The number of nitrogens with zero attached hydrogens (tertiary/aromatic N) is 1. The Morgan fingerprint density at radius 2 is 1.62 bits per heavy atom. The molecule has 0 aliphatic heterocycles. The molecule has 0 heterocycles. The average Bonchev–Trinajstić information content (AvgIpc) is 2.56. The number of aromatic hydroxyl groups is 1. The summed E-state index contributed by atoms with van der Waals surface area (Å²) in [5.74, 6) is -2.36. The highest BCUT2D eigenvalue weighted by molar-refractivity contribution is 5.92. The minimum absolute atomic E-state index is 0.164. The summed E-state index contributed by atoms with van der Waals surface area (Å²) < 4.78 is 4.96. The van der Waals surface area contributed by atoms with Crippen molar-refractivity contribution in [1.29, 1.82) is 0 Å². The van der Waals surface area contributed by atoms with Gasteiger partial charge in [0, 0.05) is 12.1 Å². The molecule has 2 aromatic rings. The van der Waals surface area contributed by atoms with Gasteiger partial charge in [0.05, 0.1) is 12.0 Å². The van der Waals surface area contributed by atoms with Crippen molar-refractivity contribution in [3.8, 4) is 11.5 Å². The van der Waals surface area contributed by atoms with Crippen LogP contribution in [0.25, 0.3) is 0 Å². The quantitative estimate of drug-likeness (QED) is 0.554. The van der Waals surface area contributed by atoms with Crippen molar-refractivity contribution in [2.45, 2.75) is 13.8 Å². The lowest BCUT2D eigenvalue weighted by Gasteiger charge is -2.06. The van der Waals surface area contributed by atoms with E-state index in [0.29, 0.717) is 5.75 Å². The molecule has 0 aliphatic carbocycles. The number of nitro groups is 1. The van der Waals surface area contributed by atoms with E-state index in [-0.39, 0.29) is 16.8 Å². The Kier molecular flexibility index (Phi) is 6.65. The summed E-state index contributed by atoms with van der Waals surface area (Å²) >= 11 is 0. The molecule has 9 nitrogen and oxygen atoms in total. The van der Waals surface area contributed by atoms with Gasteiger partial charge in [-0.3, -0.25) is 10.1 Å². The Balaban J connectivity index is 0.000000263. The number of carboxylic acids is 2. The third-order valence-corrected chi connectivity index (χ3v) is 3.37. The van der Waals surface area contributed by atoms with Crippen molar-refractivity contribution >= 4 is 17.6 Å². The highest BCUT2D eigenvalue weighted by Crippen LogP contribution is 2.27. The van der Waals surface area contributed by atoms with Gasteiger partial charge in [0.1, 0.15) is 22.6 Å². The molecule has 0 aromatic heterocycles. The first-order valence-corrected chi connectivity index (χ1v) is 7.18. The van der Waals surface area contributed by atoms with Gasteiger partial charge in [0.2, 0.25) is 0 Å². The highest BCUT2D eigenvalue weighted by atomic mass is 16.6. The van der Waals surface area contributed by atoms with Gasteiger partial charge in [0.15, 0.2) is 0 Å². The number of benzene rings is 2. The first-order chi connectivity index (χ1) is 12.1. The number of methoxy groups -OCH3 is 1. The van der Waals surface area contributed by atoms with Crippen LogP contribution in [0, 0.1) is 24.0 Å². The van der Waals surface area contributed by atoms with Crippen LogP contribution >= 0.6 is 0 Å². The van der Waals surface area contributed by atoms with Crippen molar-refractivity contribution in [3.05, 3.63) is 62.7 Å². The number of aromatic carboxylic acids is 2. The third-order valence-electron chi connectivity index (χ3n) is 3.37. The van der Waals surface area contributed by atoms with Crippen LogP contribution in [-0.4, -0.2) is 39.3 Å². The van der Waals surface area contributed by atoms with Crippen LogP contribution in [0.2, 0.25) is 0 Å². The van der Waals surface area contributed by atoms with Gasteiger partial charge in [-0.05, 0) is 31.0 Å². The van der Waals surface area contributed by atoms with Crippen LogP contribution in [0.1, 0.15) is 31.8 Å². The number of non-ortho nitro benzene ring substituents is 1. The highest BCUT2D eigenvalue weighted by Gasteiger charge is 2.18. The van der Waals surface area contributed by atoms with E-state index in [2.05, 4.69) is 0 Å². The topological polar surface area (TPSA) is 147 Å². The second-order valence-electron chi connectivity index (χ2n) is 5.18. The number of rotatable bonds is 4. The Bertz CT molecular complexity index is 860. The first kappa shape index (κ1) is 20.4. The molecular weight excluding hydrogens is 346 g/mol. The molecule has 0 atom stereocenters. The summed E-state index contributed by atoms with van der Waals surface area (Å²) in [5, 5.41) is 37.0. The van der Waals surface area contributed by atoms with Crippen molar-refractivity contribution in [2.75, 3.05) is 7.11 Å². The van der Waals surface area contributed by atoms with Crippen molar-refractivity contribution < 1.29 is 34.6 Å². The number of carbonyl (C=O) groups is 2. The number of nitro benzene ring substituents is 1. The minimum Gasteiger partial charge on any atom is -0.507 e. The molecule has 0 aliphatic rings. The predicted molar refractivity (Wildman–Crippen MR) is 91.1 cm³/mol. The van der Waals surface area contributed by atoms with Gasteiger partial charge < -0.3 is 20.1 Å². The average molecular weight is 363 g/mol. The van der Waals surface area contributed by atoms with E-state index in [1.54, 1.807) is 6.07 Å². The fourth-order valence-electron chi connectivity index (χ4n) is 2.12. The van der Waals surface area contributed by atoms with Gasteiger partial charge >= 0.3 is 11.9 Å². The zero-order valence-electron chi connectivity index (χ0n) is 14.2. The van der Waals surface area contributed by atoms with E-state index < -0.39 is 28.2 Å². The first-order valence-electron chi connectivity index (χ1n) is 7.18. The summed E-state index contributed by atoms with van der Waals surface area (Å²) in [4.78, 5) is 30.9. The third kappa shape index (κ3) is 4.69. The van der Waals surface area contributed by atoms with Crippen LogP contribution < -0.4 is 4.74 Å². The van der Waals surface area contributed by atoms with Gasteiger partial charge in [-0.25, -0.2) is 9.59 Å². The molecule has 0 spiro atoms. The Hall–Kier alpha value is -3.62. The van der Waals surface area contributed by atoms with Crippen molar-refractivity contribution in [1.82, 2.24) is 0 Å². The second-order valence-corrected chi connectivity index (χ2v) is 5.18. The molecule has 0 amide bonds. The summed E-state index contributed by atoms with van der Waals surface area (Å²) in [6.07, 6.45) is 0. The number of carboxylic acid groups (broad SMARTS) is 2. The molecule has 0 bridgehead atoms.